The maximum Gasteiger partial charge on any atom is 0.407 e. The van der Waals surface area contributed by atoms with Crippen molar-refractivity contribution in [3.05, 3.63) is 51.9 Å². The molecule has 144 valence electrons. The second-order valence-corrected chi connectivity index (χ2v) is 7.69. The zero-order valence-electron chi connectivity index (χ0n) is 15.6. The number of carbonyl (C=O) groups excluding carboxylic acids is 1. The number of nitrogens with one attached hydrogen (secondary N) is 1. The molecule has 2 aromatic rings. The van der Waals surface area contributed by atoms with Gasteiger partial charge in [-0.1, -0.05) is 12.1 Å². The molecule has 1 aliphatic rings. The van der Waals surface area contributed by atoms with Crippen molar-refractivity contribution in [1.82, 2.24) is 4.90 Å². The van der Waals surface area contributed by atoms with Gasteiger partial charge in [0.1, 0.15) is 11.1 Å². The Morgan fingerprint density at radius 3 is 2.64 bits per heavy atom. The first-order valence-corrected chi connectivity index (χ1v) is 9.49. The van der Waals surface area contributed by atoms with Crippen LogP contribution >= 0.6 is 11.3 Å². The fourth-order valence-electron chi connectivity index (χ4n) is 2.98. The van der Waals surface area contributed by atoms with Gasteiger partial charge in [0.05, 0.1) is 12.1 Å². The van der Waals surface area contributed by atoms with Crippen LogP contribution in [0.3, 0.4) is 0 Å². The standard InChI is InChI=1S/C20H20N4O3S/c1-23(2)14-6-3-13(4-7-14)5-8-18(25)22-19-16(11-21)15-9-10-24(20(26)27)12-17(15)28-19/h3-8H,9-10,12H2,1-2H3,(H,22,25)(H,26,27). The van der Waals surface area contributed by atoms with Crippen LogP contribution in [0.2, 0.25) is 0 Å². The molecule has 0 unspecified atom stereocenters. The monoisotopic (exact) mass is 396 g/mol. The van der Waals surface area contributed by atoms with Gasteiger partial charge in [0, 0.05) is 37.3 Å². The molecule has 0 bridgehead atoms. The third kappa shape index (κ3) is 4.15. The van der Waals surface area contributed by atoms with Crippen LogP contribution in [-0.4, -0.2) is 42.6 Å². The highest BCUT2D eigenvalue weighted by Gasteiger charge is 2.27. The molecule has 0 saturated carbocycles. The van der Waals surface area contributed by atoms with Crippen LogP contribution in [0, 0.1) is 11.3 Å². The lowest BCUT2D eigenvalue weighted by Crippen LogP contribution is -2.34. The number of anilines is 2. The maximum atomic E-state index is 12.3. The van der Waals surface area contributed by atoms with Crippen molar-refractivity contribution in [3.8, 4) is 6.07 Å². The molecule has 7 nitrogen and oxygen atoms in total. The third-order valence-electron chi connectivity index (χ3n) is 4.51. The molecule has 0 saturated heterocycles. The van der Waals surface area contributed by atoms with Crippen LogP contribution < -0.4 is 10.2 Å². The summed E-state index contributed by atoms with van der Waals surface area (Å²) >= 11 is 1.26. The van der Waals surface area contributed by atoms with Crippen molar-refractivity contribution < 1.29 is 14.7 Å². The number of fused-ring (bicyclic) bond motifs is 1. The zero-order chi connectivity index (χ0) is 20.3. The van der Waals surface area contributed by atoms with Crippen LogP contribution in [0.25, 0.3) is 6.08 Å². The Labute approximate surface area is 167 Å². The van der Waals surface area contributed by atoms with Gasteiger partial charge in [0.2, 0.25) is 5.91 Å². The summed E-state index contributed by atoms with van der Waals surface area (Å²) in [6.07, 6.45) is 2.63. The molecule has 1 aromatic heterocycles. The average Bonchev–Trinajstić information content (AvgIpc) is 3.02. The second kappa shape index (κ2) is 8.15. The third-order valence-corrected chi connectivity index (χ3v) is 5.64. The van der Waals surface area contributed by atoms with E-state index in [2.05, 4.69) is 11.4 Å². The molecule has 0 radical (unpaired) electrons. The highest BCUT2D eigenvalue weighted by atomic mass is 32.1. The van der Waals surface area contributed by atoms with E-state index >= 15 is 0 Å². The minimum Gasteiger partial charge on any atom is -0.465 e. The summed E-state index contributed by atoms with van der Waals surface area (Å²) in [6.45, 7) is 0.595. The lowest BCUT2D eigenvalue weighted by atomic mass is 10.0. The molecule has 0 aliphatic carbocycles. The van der Waals surface area contributed by atoms with Gasteiger partial charge in [-0.3, -0.25) is 4.79 Å². The van der Waals surface area contributed by atoms with Crippen LogP contribution in [0.5, 0.6) is 0 Å². The van der Waals surface area contributed by atoms with E-state index in [1.165, 1.54) is 22.3 Å². The number of benzene rings is 1. The quantitative estimate of drug-likeness (QED) is 0.773. The lowest BCUT2D eigenvalue weighted by molar-refractivity contribution is -0.111. The Balaban J connectivity index is 1.72. The summed E-state index contributed by atoms with van der Waals surface area (Å²) in [6, 6.07) is 9.92. The number of hydrogen-bond donors (Lipinski definition) is 2. The van der Waals surface area contributed by atoms with Crippen molar-refractivity contribution in [3.63, 3.8) is 0 Å². The van der Waals surface area contributed by atoms with Gasteiger partial charge in [-0.05, 0) is 35.8 Å². The summed E-state index contributed by atoms with van der Waals surface area (Å²) in [5.74, 6) is -0.332. The number of rotatable bonds is 4. The van der Waals surface area contributed by atoms with E-state index in [4.69, 9.17) is 5.11 Å². The van der Waals surface area contributed by atoms with Gasteiger partial charge >= 0.3 is 6.09 Å². The zero-order valence-corrected chi connectivity index (χ0v) is 16.4. The largest absolute Gasteiger partial charge is 0.465 e. The van der Waals surface area contributed by atoms with Gasteiger partial charge in [-0.15, -0.1) is 11.3 Å². The van der Waals surface area contributed by atoms with Crippen molar-refractivity contribution >= 4 is 40.1 Å². The summed E-state index contributed by atoms with van der Waals surface area (Å²) in [5, 5.41) is 21.9. The first kappa shape index (κ1) is 19.5. The molecule has 0 fully saturated rings. The molecule has 2 heterocycles. The Kier molecular flexibility index (Phi) is 5.66. The normalized spacial score (nSPS) is 13.1. The minimum atomic E-state index is -0.980. The summed E-state index contributed by atoms with van der Waals surface area (Å²) in [7, 11) is 3.92. The predicted molar refractivity (Wildman–Crippen MR) is 110 cm³/mol. The molecule has 1 aliphatic heterocycles. The molecule has 2 amide bonds. The lowest BCUT2D eigenvalue weighted by Gasteiger charge is -2.23. The second-order valence-electron chi connectivity index (χ2n) is 6.58. The number of hydrogen-bond acceptors (Lipinski definition) is 5. The summed E-state index contributed by atoms with van der Waals surface area (Å²) < 4.78 is 0. The van der Waals surface area contributed by atoms with E-state index in [0.717, 1.165) is 21.7 Å². The summed E-state index contributed by atoms with van der Waals surface area (Å²) in [4.78, 5) is 27.6. The molecule has 0 spiro atoms. The predicted octanol–water partition coefficient (Wildman–Crippen LogP) is 3.37. The molecule has 1 aromatic carbocycles. The molecule has 28 heavy (non-hydrogen) atoms. The topological polar surface area (TPSA) is 96.7 Å². The average molecular weight is 396 g/mol. The van der Waals surface area contributed by atoms with Gasteiger partial charge in [-0.25, -0.2) is 4.79 Å². The molecular formula is C20H20N4O3S. The number of thiophene rings is 1. The van der Waals surface area contributed by atoms with Gasteiger partial charge in [-0.2, -0.15) is 5.26 Å². The summed E-state index contributed by atoms with van der Waals surface area (Å²) in [5.41, 5.74) is 3.23. The smallest absolute Gasteiger partial charge is 0.407 e. The minimum absolute atomic E-state index is 0.244. The van der Waals surface area contributed by atoms with E-state index in [1.54, 1.807) is 6.08 Å². The SMILES string of the molecule is CN(C)c1ccc(C=CC(=O)Nc2sc3c(c2C#N)CCN(C(=O)O)C3)cc1. The Bertz CT molecular complexity index is 971. The van der Waals surface area contributed by atoms with Crippen molar-refractivity contribution in [1.29, 1.82) is 5.26 Å². The van der Waals surface area contributed by atoms with E-state index in [-0.39, 0.29) is 12.5 Å². The van der Waals surface area contributed by atoms with Gasteiger partial charge in [0.25, 0.3) is 0 Å². The Hall–Kier alpha value is -3.31. The fourth-order valence-corrected chi connectivity index (χ4v) is 4.20. The van der Waals surface area contributed by atoms with E-state index < -0.39 is 6.09 Å². The molecular weight excluding hydrogens is 376 g/mol. The number of nitriles is 1. The Morgan fingerprint density at radius 1 is 1.32 bits per heavy atom. The number of amides is 2. The van der Waals surface area contributed by atoms with Crippen LogP contribution in [0.4, 0.5) is 15.5 Å². The van der Waals surface area contributed by atoms with Gasteiger partial charge < -0.3 is 20.2 Å². The van der Waals surface area contributed by atoms with Crippen molar-refractivity contribution in [2.45, 2.75) is 13.0 Å². The molecule has 8 heteroatoms. The highest BCUT2D eigenvalue weighted by molar-refractivity contribution is 7.16. The molecule has 2 N–H and O–H groups in total. The number of carboxylic acid groups (broad SMARTS) is 1. The maximum absolute atomic E-state index is 12.3. The van der Waals surface area contributed by atoms with Crippen LogP contribution in [-0.2, 0) is 17.8 Å². The van der Waals surface area contributed by atoms with Gasteiger partial charge in [0.15, 0.2) is 0 Å². The first-order valence-electron chi connectivity index (χ1n) is 8.68. The van der Waals surface area contributed by atoms with Crippen molar-refractivity contribution in [2.24, 2.45) is 0 Å². The number of nitrogens with zero attached hydrogens (tertiary/aromatic N) is 3. The number of carbonyl (C=O) groups is 2. The van der Waals surface area contributed by atoms with E-state index in [9.17, 15) is 14.9 Å². The van der Waals surface area contributed by atoms with Crippen LogP contribution in [0.1, 0.15) is 21.6 Å². The van der Waals surface area contributed by atoms with E-state index in [1.807, 2.05) is 43.3 Å². The van der Waals surface area contributed by atoms with Crippen molar-refractivity contribution in [2.75, 3.05) is 30.9 Å². The molecule has 3 rings (SSSR count). The van der Waals surface area contributed by atoms with E-state index in [0.29, 0.717) is 23.5 Å². The first-order chi connectivity index (χ1) is 13.4. The van der Waals surface area contributed by atoms with Crippen LogP contribution in [0.15, 0.2) is 30.3 Å². The fraction of sp³-hybridized carbons (Fsp3) is 0.250. The Morgan fingerprint density at radius 2 is 2.04 bits per heavy atom. The molecule has 0 atom stereocenters. The highest BCUT2D eigenvalue weighted by Crippen LogP contribution is 2.36.